The van der Waals surface area contributed by atoms with Gasteiger partial charge in [0.1, 0.15) is 5.82 Å². The second kappa shape index (κ2) is 15.2. The molecule has 0 saturated carbocycles. The molecule has 40 heavy (non-hydrogen) atoms. The van der Waals surface area contributed by atoms with Crippen molar-refractivity contribution in [3.8, 4) is 11.3 Å². The normalized spacial score (nSPS) is 11.5. The van der Waals surface area contributed by atoms with Gasteiger partial charge in [-0.3, -0.25) is 4.79 Å². The number of fused-ring (bicyclic) bond motifs is 3. The van der Waals surface area contributed by atoms with E-state index in [4.69, 9.17) is 0 Å². The van der Waals surface area contributed by atoms with Gasteiger partial charge in [-0.2, -0.15) is 0 Å². The summed E-state index contributed by atoms with van der Waals surface area (Å²) in [4.78, 5) is 16.2. The summed E-state index contributed by atoms with van der Waals surface area (Å²) in [5, 5.41) is 13.2. The van der Waals surface area contributed by atoms with E-state index in [9.17, 15) is 14.3 Å². The molecule has 0 fully saturated rings. The van der Waals surface area contributed by atoms with Crippen molar-refractivity contribution in [3.05, 3.63) is 89.1 Å². The number of halogens is 1. The van der Waals surface area contributed by atoms with Crippen LogP contribution < -0.4 is 0 Å². The van der Waals surface area contributed by atoms with Crippen molar-refractivity contribution in [2.45, 2.75) is 74.1 Å². The van der Waals surface area contributed by atoms with Gasteiger partial charge in [0.25, 0.3) is 0 Å². The molecule has 215 valence electrons. The zero-order valence-electron chi connectivity index (χ0n) is 24.7. The van der Waals surface area contributed by atoms with Crippen LogP contribution in [-0.4, -0.2) is 15.9 Å². The summed E-state index contributed by atoms with van der Waals surface area (Å²) in [6, 6.07) is 16.9. The molecule has 0 saturated heterocycles. The number of hydrogen-bond acceptors (Lipinski definition) is 3. The maximum absolute atomic E-state index is 14.7. The first-order chi connectivity index (χ1) is 18.6. The summed E-state index contributed by atoms with van der Waals surface area (Å²) in [7, 11) is 0. The minimum absolute atomic E-state index is 0. The van der Waals surface area contributed by atoms with Gasteiger partial charge >= 0.3 is 0 Å². The van der Waals surface area contributed by atoms with Gasteiger partial charge in [0, 0.05) is 49.6 Å². The van der Waals surface area contributed by atoms with Gasteiger partial charge in [0.05, 0.1) is 5.76 Å². The van der Waals surface area contributed by atoms with E-state index in [0.29, 0.717) is 5.39 Å². The molecule has 3 nitrogen and oxygen atoms in total. The third kappa shape index (κ3) is 7.86. The van der Waals surface area contributed by atoms with Crippen molar-refractivity contribution in [2.75, 3.05) is 0 Å². The average molecular weight is 719 g/mol. The standard InChI is InChI=1S/C22H17FN.C13H24O2.Ir/c1-13-4-5-17-18-6-7-24-22(16-9-14(2)8-15(3)10-16)20(18)12-21(23)19(17)11-13;1-5-10(6-2)12(14)9-13(15)11(7-3)8-4;/h4-9,11-12H,1-3H3;9-11,14H,5-8H2,1-4H3;/q-1;;/b;12-9-;. The minimum Gasteiger partial charge on any atom is -0.512 e. The van der Waals surface area contributed by atoms with Crippen LogP contribution in [0.1, 0.15) is 70.1 Å². The first-order valence-corrected chi connectivity index (χ1v) is 14.1. The Kier molecular flexibility index (Phi) is 12.7. The Morgan fingerprint density at radius 3 is 2.08 bits per heavy atom. The van der Waals surface area contributed by atoms with Gasteiger partial charge < -0.3 is 10.1 Å². The summed E-state index contributed by atoms with van der Waals surface area (Å²) < 4.78 is 14.7. The molecule has 0 aliphatic heterocycles. The number of carbonyl (C=O) groups excluding carboxylic acids is 1. The molecule has 1 radical (unpaired) electrons. The molecule has 0 aliphatic rings. The Morgan fingerprint density at radius 2 is 1.48 bits per heavy atom. The predicted octanol–water partition coefficient (Wildman–Crippen LogP) is 9.79. The summed E-state index contributed by atoms with van der Waals surface area (Å²) >= 11 is 0. The summed E-state index contributed by atoms with van der Waals surface area (Å²) in [6.07, 6.45) is 6.70. The summed E-state index contributed by atoms with van der Waals surface area (Å²) in [5.41, 5.74) is 4.94. The van der Waals surface area contributed by atoms with Crippen molar-refractivity contribution >= 4 is 27.3 Å². The van der Waals surface area contributed by atoms with Crippen LogP contribution in [0.15, 0.2) is 60.5 Å². The first-order valence-electron chi connectivity index (χ1n) is 14.1. The molecule has 3 aromatic carbocycles. The number of pyridine rings is 1. The number of aromatic nitrogens is 1. The predicted molar refractivity (Wildman–Crippen MR) is 162 cm³/mol. The van der Waals surface area contributed by atoms with Gasteiger partial charge in [-0.05, 0) is 72.7 Å². The van der Waals surface area contributed by atoms with E-state index in [1.165, 1.54) is 6.08 Å². The number of hydrogen-bond donors (Lipinski definition) is 1. The van der Waals surface area contributed by atoms with Crippen molar-refractivity contribution in [3.63, 3.8) is 0 Å². The van der Waals surface area contributed by atoms with E-state index in [-0.39, 0.29) is 49.3 Å². The molecule has 0 atom stereocenters. The third-order valence-electron chi connectivity index (χ3n) is 7.47. The smallest absolute Gasteiger partial charge is 0.162 e. The Balaban J connectivity index is 0.000000307. The first kappa shape index (κ1) is 33.3. The van der Waals surface area contributed by atoms with E-state index < -0.39 is 0 Å². The Bertz CT molecular complexity index is 1470. The molecule has 0 unspecified atom stereocenters. The van der Waals surface area contributed by atoms with E-state index in [1.54, 1.807) is 12.3 Å². The van der Waals surface area contributed by atoms with Crippen LogP contribution in [0, 0.1) is 44.5 Å². The largest absolute Gasteiger partial charge is 0.512 e. The zero-order valence-corrected chi connectivity index (χ0v) is 27.1. The number of carbonyl (C=O) groups is 1. The zero-order chi connectivity index (χ0) is 28.7. The van der Waals surface area contributed by atoms with E-state index >= 15 is 0 Å². The molecule has 4 aromatic rings. The fourth-order valence-corrected chi connectivity index (χ4v) is 5.17. The van der Waals surface area contributed by atoms with Crippen LogP contribution in [-0.2, 0) is 24.9 Å². The fourth-order valence-electron chi connectivity index (χ4n) is 5.17. The number of aliphatic hydroxyl groups is 1. The van der Waals surface area contributed by atoms with Crippen LogP contribution in [0.25, 0.3) is 32.8 Å². The van der Waals surface area contributed by atoms with Gasteiger partial charge in [-0.1, -0.05) is 59.2 Å². The summed E-state index contributed by atoms with van der Waals surface area (Å²) in [5.74, 6) is 0.339. The summed E-state index contributed by atoms with van der Waals surface area (Å²) in [6.45, 7) is 14.1. The molecule has 0 spiro atoms. The van der Waals surface area contributed by atoms with Crippen molar-refractivity contribution in [1.29, 1.82) is 0 Å². The van der Waals surface area contributed by atoms with E-state index in [2.05, 4.69) is 17.1 Å². The van der Waals surface area contributed by atoms with Crippen LogP contribution in [0.5, 0.6) is 0 Å². The van der Waals surface area contributed by atoms with Crippen molar-refractivity contribution in [2.24, 2.45) is 11.8 Å². The van der Waals surface area contributed by atoms with Gasteiger partial charge in [-0.15, -0.1) is 34.9 Å². The van der Waals surface area contributed by atoms with Crippen molar-refractivity contribution in [1.82, 2.24) is 4.98 Å². The number of benzene rings is 3. The van der Waals surface area contributed by atoms with Gasteiger partial charge in [0.15, 0.2) is 5.78 Å². The molecule has 4 rings (SSSR count). The maximum atomic E-state index is 14.7. The average Bonchev–Trinajstić information content (AvgIpc) is 2.90. The van der Waals surface area contributed by atoms with Gasteiger partial charge in [-0.25, -0.2) is 4.39 Å². The van der Waals surface area contributed by atoms with Crippen LogP contribution in [0.3, 0.4) is 0 Å². The second-order valence-electron chi connectivity index (χ2n) is 10.4. The molecule has 5 heteroatoms. The van der Waals surface area contributed by atoms with Crippen molar-refractivity contribution < 1.29 is 34.4 Å². The SMILES string of the molecule is CCC(CC)C(=O)/C=C(\O)C(CC)CC.Cc1[c-]c(-c2nccc3c2cc(F)c2cc(C)ccc23)cc(C)c1.[Ir]. The third-order valence-corrected chi connectivity index (χ3v) is 7.47. The monoisotopic (exact) mass is 719 g/mol. The maximum Gasteiger partial charge on any atom is 0.162 e. The number of rotatable bonds is 8. The Morgan fingerprint density at radius 1 is 0.850 bits per heavy atom. The Labute approximate surface area is 252 Å². The molecule has 0 amide bonds. The van der Waals surface area contributed by atoms with Crippen LogP contribution in [0.4, 0.5) is 4.39 Å². The molecule has 1 heterocycles. The Hall–Kier alpha value is -2.88. The second-order valence-corrected chi connectivity index (χ2v) is 10.4. The van der Waals surface area contributed by atoms with Crippen LogP contribution in [0.2, 0.25) is 0 Å². The fraction of sp³-hybridized carbons (Fsp3) is 0.371. The quantitative estimate of drug-likeness (QED) is 0.0855. The van der Waals surface area contributed by atoms with Crippen LogP contribution >= 0.6 is 0 Å². The number of ketones is 1. The number of nitrogens with zero attached hydrogens (tertiary/aromatic N) is 1. The molecule has 0 aliphatic carbocycles. The molecule has 1 N–H and O–H groups in total. The molecular weight excluding hydrogens is 678 g/mol. The number of aliphatic hydroxyl groups excluding tert-OH is 1. The molecule has 0 bridgehead atoms. The van der Waals surface area contributed by atoms with E-state index in [1.807, 2.05) is 78.8 Å². The molecular formula is C35H41FIrNO2-. The topological polar surface area (TPSA) is 50.2 Å². The number of allylic oxidation sites excluding steroid dienone is 2. The minimum atomic E-state index is -0.208. The van der Waals surface area contributed by atoms with E-state index in [0.717, 1.165) is 69.8 Å². The van der Waals surface area contributed by atoms with Gasteiger partial charge in [0.2, 0.25) is 0 Å². The number of aryl methyl sites for hydroxylation is 3. The molecule has 1 aromatic heterocycles.